The molecule has 0 saturated heterocycles. The number of nitrogens with zero attached hydrogens (tertiary/aromatic N) is 3. The van der Waals surface area contributed by atoms with Crippen molar-refractivity contribution in [3.8, 4) is 5.75 Å². The summed E-state index contributed by atoms with van der Waals surface area (Å²) >= 11 is 0. The van der Waals surface area contributed by atoms with Crippen LogP contribution in [0.5, 0.6) is 5.75 Å². The molecule has 0 aliphatic heterocycles. The molecule has 2 aromatic rings. The number of carbonyl (C=O) groups is 1. The zero-order valence-corrected chi connectivity index (χ0v) is 14.9. The van der Waals surface area contributed by atoms with Gasteiger partial charge in [0.05, 0.1) is 12.8 Å². The number of benzene rings is 1. The minimum Gasteiger partial charge on any atom is -0.508 e. The van der Waals surface area contributed by atoms with E-state index in [1.165, 1.54) is 7.11 Å². The summed E-state index contributed by atoms with van der Waals surface area (Å²) in [7, 11) is 3.23. The minimum absolute atomic E-state index is 0.124. The third kappa shape index (κ3) is 3.94. The molecule has 1 N–H and O–H groups in total. The molecule has 6 nitrogen and oxygen atoms in total. The lowest BCUT2D eigenvalue weighted by Crippen LogP contribution is -2.31. The second kappa shape index (κ2) is 7.49. The maximum absolute atomic E-state index is 12.3. The molecule has 0 radical (unpaired) electrons. The zero-order valence-electron chi connectivity index (χ0n) is 14.9. The van der Waals surface area contributed by atoms with Crippen LogP contribution in [0.15, 0.2) is 30.5 Å². The summed E-state index contributed by atoms with van der Waals surface area (Å²) in [4.78, 5) is 14.2. The predicted molar refractivity (Wildman–Crippen MR) is 91.7 cm³/mol. The number of aryl methyl sites for hydroxylation is 1. The number of hydrogen-bond donors (Lipinski definition) is 1. The maximum atomic E-state index is 12.3. The SMILES string of the molecule is COC(=O)C(c1cccc(O)c1)N(C)Cc1cn(C(C)C)nc1C. The van der Waals surface area contributed by atoms with Crippen molar-refractivity contribution in [3.05, 3.63) is 47.3 Å². The molecule has 0 aliphatic carbocycles. The van der Waals surface area contributed by atoms with Gasteiger partial charge in [0.1, 0.15) is 11.8 Å². The molecule has 0 saturated carbocycles. The smallest absolute Gasteiger partial charge is 0.327 e. The highest BCUT2D eigenvalue weighted by Crippen LogP contribution is 2.26. The molecule has 0 bridgehead atoms. The molecular weight excluding hydrogens is 306 g/mol. The van der Waals surface area contributed by atoms with Crippen LogP contribution >= 0.6 is 0 Å². The highest BCUT2D eigenvalue weighted by Gasteiger charge is 2.27. The second-order valence-electron chi connectivity index (χ2n) is 6.25. The number of phenolic OH excluding ortho intramolecular Hbond substituents is 1. The lowest BCUT2D eigenvalue weighted by Gasteiger charge is -2.26. The van der Waals surface area contributed by atoms with E-state index in [0.29, 0.717) is 12.1 Å². The number of ether oxygens (including phenoxy) is 1. The fraction of sp³-hybridized carbons (Fsp3) is 0.444. The molecule has 1 atom stereocenters. The first-order valence-corrected chi connectivity index (χ1v) is 7.95. The third-order valence-corrected chi connectivity index (χ3v) is 4.02. The van der Waals surface area contributed by atoms with Gasteiger partial charge in [-0.05, 0) is 45.5 Å². The third-order valence-electron chi connectivity index (χ3n) is 4.02. The van der Waals surface area contributed by atoms with Crippen molar-refractivity contribution in [1.82, 2.24) is 14.7 Å². The number of aromatic nitrogens is 2. The predicted octanol–water partition coefficient (Wildman–Crippen LogP) is 2.82. The van der Waals surface area contributed by atoms with Crippen molar-refractivity contribution >= 4 is 5.97 Å². The van der Waals surface area contributed by atoms with Crippen LogP contribution in [0.1, 0.15) is 42.8 Å². The maximum Gasteiger partial charge on any atom is 0.327 e. The Morgan fingerprint density at radius 3 is 2.67 bits per heavy atom. The van der Waals surface area contributed by atoms with Crippen LogP contribution in [0, 0.1) is 6.92 Å². The summed E-state index contributed by atoms with van der Waals surface area (Å²) < 4.78 is 6.87. The Kier molecular flexibility index (Phi) is 5.62. The number of rotatable bonds is 6. The van der Waals surface area contributed by atoms with Crippen molar-refractivity contribution in [3.63, 3.8) is 0 Å². The van der Waals surface area contributed by atoms with E-state index in [0.717, 1.165) is 11.3 Å². The fourth-order valence-corrected chi connectivity index (χ4v) is 2.68. The normalized spacial score (nSPS) is 12.6. The van der Waals surface area contributed by atoms with E-state index in [1.54, 1.807) is 18.2 Å². The van der Waals surface area contributed by atoms with Crippen LogP contribution in [0.3, 0.4) is 0 Å². The van der Waals surface area contributed by atoms with Gasteiger partial charge in [-0.15, -0.1) is 0 Å². The van der Waals surface area contributed by atoms with Gasteiger partial charge in [0.15, 0.2) is 0 Å². The molecule has 0 amide bonds. The van der Waals surface area contributed by atoms with Gasteiger partial charge in [0.25, 0.3) is 0 Å². The van der Waals surface area contributed by atoms with Crippen LogP contribution in [-0.4, -0.2) is 39.9 Å². The second-order valence-corrected chi connectivity index (χ2v) is 6.25. The van der Waals surface area contributed by atoms with E-state index < -0.39 is 6.04 Å². The minimum atomic E-state index is -0.594. The lowest BCUT2D eigenvalue weighted by atomic mass is 10.0. The van der Waals surface area contributed by atoms with Crippen molar-refractivity contribution in [2.24, 2.45) is 0 Å². The van der Waals surface area contributed by atoms with E-state index in [-0.39, 0.29) is 17.8 Å². The van der Waals surface area contributed by atoms with Crippen LogP contribution in [0.25, 0.3) is 0 Å². The molecular formula is C18H25N3O3. The summed E-state index contributed by atoms with van der Waals surface area (Å²) in [6.45, 7) is 6.66. The summed E-state index contributed by atoms with van der Waals surface area (Å²) in [5.41, 5.74) is 2.69. The van der Waals surface area contributed by atoms with Gasteiger partial charge >= 0.3 is 5.97 Å². The molecule has 0 spiro atoms. The lowest BCUT2D eigenvalue weighted by molar-refractivity contribution is -0.147. The Hall–Kier alpha value is -2.34. The first-order chi connectivity index (χ1) is 11.3. The first kappa shape index (κ1) is 18.0. The molecule has 6 heteroatoms. The number of esters is 1. The molecule has 1 heterocycles. The molecule has 0 fully saturated rings. The quantitative estimate of drug-likeness (QED) is 0.825. The van der Waals surface area contributed by atoms with E-state index in [2.05, 4.69) is 18.9 Å². The highest BCUT2D eigenvalue weighted by atomic mass is 16.5. The summed E-state index contributed by atoms with van der Waals surface area (Å²) in [5, 5.41) is 14.2. The molecule has 130 valence electrons. The number of aromatic hydroxyl groups is 1. The van der Waals surface area contributed by atoms with E-state index in [9.17, 15) is 9.90 Å². The summed E-state index contributed by atoms with van der Waals surface area (Å²) in [5.74, 6) is -0.240. The largest absolute Gasteiger partial charge is 0.508 e. The Balaban J connectivity index is 2.28. The number of hydrogen-bond acceptors (Lipinski definition) is 5. The molecule has 1 aromatic heterocycles. The topological polar surface area (TPSA) is 67.6 Å². The Labute approximate surface area is 142 Å². The van der Waals surface area contributed by atoms with Crippen molar-refractivity contribution in [2.45, 2.75) is 39.4 Å². The van der Waals surface area contributed by atoms with Crippen molar-refractivity contribution in [1.29, 1.82) is 0 Å². The Morgan fingerprint density at radius 2 is 2.12 bits per heavy atom. The van der Waals surface area contributed by atoms with Gasteiger partial charge in [0, 0.05) is 24.3 Å². The van der Waals surface area contributed by atoms with Gasteiger partial charge in [0.2, 0.25) is 0 Å². The fourth-order valence-electron chi connectivity index (χ4n) is 2.68. The van der Waals surface area contributed by atoms with Gasteiger partial charge in [-0.25, -0.2) is 4.79 Å². The molecule has 1 unspecified atom stereocenters. The van der Waals surface area contributed by atoms with Crippen LogP contribution < -0.4 is 0 Å². The first-order valence-electron chi connectivity index (χ1n) is 7.95. The van der Waals surface area contributed by atoms with Gasteiger partial charge in [-0.1, -0.05) is 12.1 Å². The van der Waals surface area contributed by atoms with Gasteiger partial charge < -0.3 is 9.84 Å². The molecule has 0 aliphatic rings. The van der Waals surface area contributed by atoms with Crippen LogP contribution in [-0.2, 0) is 16.1 Å². The van der Waals surface area contributed by atoms with Crippen LogP contribution in [0.2, 0.25) is 0 Å². The van der Waals surface area contributed by atoms with E-state index in [1.807, 2.05) is 35.8 Å². The Bertz CT molecular complexity index is 709. The van der Waals surface area contributed by atoms with E-state index >= 15 is 0 Å². The highest BCUT2D eigenvalue weighted by molar-refractivity contribution is 5.77. The average Bonchev–Trinajstić information content (AvgIpc) is 2.88. The van der Waals surface area contributed by atoms with Crippen molar-refractivity contribution < 1.29 is 14.6 Å². The number of likely N-dealkylation sites (N-methyl/N-ethyl adjacent to an activating group) is 1. The van der Waals surface area contributed by atoms with E-state index in [4.69, 9.17) is 4.74 Å². The number of methoxy groups -OCH3 is 1. The van der Waals surface area contributed by atoms with Gasteiger partial charge in [-0.2, -0.15) is 5.10 Å². The average molecular weight is 331 g/mol. The molecule has 2 rings (SSSR count). The standard InChI is InChI=1S/C18H25N3O3/c1-12(2)21-11-15(13(3)19-21)10-20(4)17(18(23)24-5)14-7-6-8-16(22)9-14/h6-9,11-12,17,22H,10H2,1-5H3. The van der Waals surface area contributed by atoms with Crippen LogP contribution in [0.4, 0.5) is 0 Å². The monoisotopic (exact) mass is 331 g/mol. The Morgan fingerprint density at radius 1 is 1.42 bits per heavy atom. The summed E-state index contributed by atoms with van der Waals surface area (Å²) in [6.07, 6.45) is 2.01. The molecule has 24 heavy (non-hydrogen) atoms. The van der Waals surface area contributed by atoms with Crippen molar-refractivity contribution in [2.75, 3.05) is 14.2 Å². The summed E-state index contributed by atoms with van der Waals surface area (Å²) in [6, 6.07) is 6.38. The number of phenols is 1. The van der Waals surface area contributed by atoms with Gasteiger partial charge in [-0.3, -0.25) is 9.58 Å². The number of carbonyl (C=O) groups excluding carboxylic acids is 1. The molecule has 1 aromatic carbocycles. The zero-order chi connectivity index (χ0) is 17.9.